The van der Waals surface area contributed by atoms with Crippen LogP contribution in [0.1, 0.15) is 22.9 Å². The van der Waals surface area contributed by atoms with E-state index in [9.17, 15) is 5.11 Å². The smallest absolute Gasteiger partial charge is 0.0914 e. The van der Waals surface area contributed by atoms with Crippen LogP contribution >= 0.6 is 0 Å². The highest BCUT2D eigenvalue weighted by Crippen LogP contribution is 2.20. The highest BCUT2D eigenvalue weighted by atomic mass is 16.3. The molecular weight excluding hydrogens is 272 g/mol. The summed E-state index contributed by atoms with van der Waals surface area (Å²) in [5, 5.41) is 16.0. The Morgan fingerprint density at radius 3 is 2.68 bits per heavy atom. The monoisotopic (exact) mass is 292 g/mol. The molecule has 1 aromatic heterocycles. The Labute approximate surface area is 130 Å². The van der Waals surface area contributed by atoms with Crippen LogP contribution < -0.4 is 5.32 Å². The van der Waals surface area contributed by atoms with Crippen molar-refractivity contribution in [2.75, 3.05) is 6.54 Å². The van der Waals surface area contributed by atoms with Gasteiger partial charge in [-0.25, -0.2) is 0 Å². The normalized spacial score (nSPS) is 12.5. The lowest BCUT2D eigenvalue weighted by Gasteiger charge is -2.13. The predicted octanol–water partition coefficient (Wildman–Crippen LogP) is 3.37. The SMILES string of the molecule is Cc1ncccc1CNCC(O)c1ccc2ccccc2c1. The van der Waals surface area contributed by atoms with Gasteiger partial charge in [-0.3, -0.25) is 4.98 Å². The molecule has 2 N–H and O–H groups in total. The molecule has 0 amide bonds. The third kappa shape index (κ3) is 3.32. The van der Waals surface area contributed by atoms with E-state index in [1.54, 1.807) is 6.20 Å². The molecule has 0 fully saturated rings. The van der Waals surface area contributed by atoms with Crippen LogP contribution in [-0.4, -0.2) is 16.6 Å². The first-order valence-corrected chi connectivity index (χ1v) is 7.52. The summed E-state index contributed by atoms with van der Waals surface area (Å²) in [6, 6.07) is 18.3. The second-order valence-electron chi connectivity index (χ2n) is 5.50. The van der Waals surface area contributed by atoms with Crippen molar-refractivity contribution < 1.29 is 5.11 Å². The number of rotatable bonds is 5. The predicted molar refractivity (Wildman–Crippen MR) is 89.6 cm³/mol. The van der Waals surface area contributed by atoms with E-state index in [4.69, 9.17) is 0 Å². The quantitative estimate of drug-likeness (QED) is 0.758. The highest BCUT2D eigenvalue weighted by molar-refractivity contribution is 5.83. The van der Waals surface area contributed by atoms with Crippen LogP contribution in [0.3, 0.4) is 0 Å². The zero-order valence-corrected chi connectivity index (χ0v) is 12.7. The minimum Gasteiger partial charge on any atom is -0.387 e. The molecule has 112 valence electrons. The summed E-state index contributed by atoms with van der Waals surface area (Å²) in [7, 11) is 0. The molecule has 0 spiro atoms. The molecular formula is C19H20N2O. The van der Waals surface area contributed by atoms with E-state index in [1.807, 2.05) is 31.2 Å². The topological polar surface area (TPSA) is 45.2 Å². The van der Waals surface area contributed by atoms with Gasteiger partial charge in [-0.2, -0.15) is 0 Å². The number of nitrogens with one attached hydrogen (secondary N) is 1. The van der Waals surface area contributed by atoms with Crippen molar-refractivity contribution in [3.05, 3.63) is 77.6 Å². The van der Waals surface area contributed by atoms with Crippen molar-refractivity contribution in [2.45, 2.75) is 19.6 Å². The van der Waals surface area contributed by atoms with Gasteiger partial charge in [-0.1, -0.05) is 42.5 Å². The van der Waals surface area contributed by atoms with Crippen LogP contribution in [0.15, 0.2) is 60.8 Å². The fourth-order valence-electron chi connectivity index (χ4n) is 2.58. The third-order valence-electron chi connectivity index (χ3n) is 3.93. The molecule has 3 aromatic rings. The van der Waals surface area contributed by atoms with E-state index in [0.717, 1.165) is 22.2 Å². The van der Waals surface area contributed by atoms with Gasteiger partial charge in [0.25, 0.3) is 0 Å². The number of aryl methyl sites for hydroxylation is 1. The fourth-order valence-corrected chi connectivity index (χ4v) is 2.58. The molecule has 0 bridgehead atoms. The molecule has 2 aromatic carbocycles. The molecule has 0 radical (unpaired) electrons. The second-order valence-corrected chi connectivity index (χ2v) is 5.50. The van der Waals surface area contributed by atoms with Gasteiger partial charge in [0.1, 0.15) is 0 Å². The lowest BCUT2D eigenvalue weighted by Crippen LogP contribution is -2.21. The number of benzene rings is 2. The highest BCUT2D eigenvalue weighted by Gasteiger charge is 2.08. The van der Waals surface area contributed by atoms with Crippen LogP contribution in [0.5, 0.6) is 0 Å². The standard InChI is InChI=1S/C19H20N2O/c1-14-18(7-4-10-21-14)12-20-13-19(22)17-9-8-15-5-2-3-6-16(15)11-17/h2-11,19-20,22H,12-13H2,1H3. The molecule has 22 heavy (non-hydrogen) atoms. The summed E-state index contributed by atoms with van der Waals surface area (Å²) in [4.78, 5) is 4.27. The molecule has 1 unspecified atom stereocenters. The average molecular weight is 292 g/mol. The van der Waals surface area contributed by atoms with Crippen molar-refractivity contribution in [2.24, 2.45) is 0 Å². The molecule has 3 nitrogen and oxygen atoms in total. The zero-order valence-electron chi connectivity index (χ0n) is 12.7. The minimum atomic E-state index is -0.512. The maximum absolute atomic E-state index is 10.3. The number of hydrogen-bond donors (Lipinski definition) is 2. The van der Waals surface area contributed by atoms with Gasteiger partial charge in [-0.15, -0.1) is 0 Å². The van der Waals surface area contributed by atoms with Gasteiger partial charge in [0.05, 0.1) is 6.10 Å². The van der Waals surface area contributed by atoms with Crippen LogP contribution in [0, 0.1) is 6.92 Å². The minimum absolute atomic E-state index is 0.512. The maximum atomic E-state index is 10.3. The van der Waals surface area contributed by atoms with Crippen molar-refractivity contribution in [1.29, 1.82) is 0 Å². The largest absolute Gasteiger partial charge is 0.387 e. The molecule has 1 heterocycles. The van der Waals surface area contributed by atoms with Crippen LogP contribution in [0.2, 0.25) is 0 Å². The van der Waals surface area contributed by atoms with Gasteiger partial charge >= 0.3 is 0 Å². The average Bonchev–Trinajstić information content (AvgIpc) is 2.56. The van der Waals surface area contributed by atoms with E-state index in [0.29, 0.717) is 13.1 Å². The molecule has 1 atom stereocenters. The number of fused-ring (bicyclic) bond motifs is 1. The summed E-state index contributed by atoms with van der Waals surface area (Å²) in [6.45, 7) is 3.23. The van der Waals surface area contributed by atoms with Crippen LogP contribution in [0.4, 0.5) is 0 Å². The van der Waals surface area contributed by atoms with E-state index in [1.165, 1.54) is 5.39 Å². The number of nitrogens with zero attached hydrogens (tertiary/aromatic N) is 1. The summed E-state index contributed by atoms with van der Waals surface area (Å²) in [6.07, 6.45) is 1.28. The first kappa shape index (κ1) is 14.7. The molecule has 0 aliphatic carbocycles. The van der Waals surface area contributed by atoms with Crippen molar-refractivity contribution in [3.63, 3.8) is 0 Å². The summed E-state index contributed by atoms with van der Waals surface area (Å²) >= 11 is 0. The fraction of sp³-hybridized carbons (Fsp3) is 0.211. The van der Waals surface area contributed by atoms with E-state index >= 15 is 0 Å². The Balaban J connectivity index is 1.63. The van der Waals surface area contributed by atoms with Crippen LogP contribution in [-0.2, 0) is 6.54 Å². The molecule has 3 rings (SSSR count). The van der Waals surface area contributed by atoms with Gasteiger partial charge in [0.15, 0.2) is 0 Å². The van der Waals surface area contributed by atoms with Crippen LogP contribution in [0.25, 0.3) is 10.8 Å². The Kier molecular flexibility index (Phi) is 4.47. The van der Waals surface area contributed by atoms with Crippen molar-refractivity contribution in [1.82, 2.24) is 10.3 Å². The summed E-state index contributed by atoms with van der Waals surface area (Å²) < 4.78 is 0. The molecule has 0 aliphatic heterocycles. The molecule has 0 saturated heterocycles. The van der Waals surface area contributed by atoms with E-state index < -0.39 is 6.10 Å². The number of aromatic nitrogens is 1. The van der Waals surface area contributed by atoms with E-state index in [-0.39, 0.29) is 0 Å². The van der Waals surface area contributed by atoms with Gasteiger partial charge < -0.3 is 10.4 Å². The van der Waals surface area contributed by atoms with Gasteiger partial charge in [-0.05, 0) is 41.0 Å². The number of aliphatic hydroxyl groups is 1. The third-order valence-corrected chi connectivity index (χ3v) is 3.93. The maximum Gasteiger partial charge on any atom is 0.0914 e. The Morgan fingerprint density at radius 2 is 1.86 bits per heavy atom. The molecule has 3 heteroatoms. The second kappa shape index (κ2) is 6.69. The first-order valence-electron chi connectivity index (χ1n) is 7.52. The Bertz CT molecular complexity index is 770. The molecule has 0 aliphatic rings. The van der Waals surface area contributed by atoms with Gasteiger partial charge in [0.2, 0.25) is 0 Å². The number of hydrogen-bond acceptors (Lipinski definition) is 3. The number of aliphatic hydroxyl groups excluding tert-OH is 1. The van der Waals surface area contributed by atoms with E-state index in [2.05, 4.69) is 40.6 Å². The Hall–Kier alpha value is -2.23. The molecule has 0 saturated carbocycles. The zero-order chi connectivity index (χ0) is 15.4. The number of pyridine rings is 1. The lowest BCUT2D eigenvalue weighted by atomic mass is 10.0. The summed E-state index contributed by atoms with van der Waals surface area (Å²) in [5.74, 6) is 0. The van der Waals surface area contributed by atoms with Crippen molar-refractivity contribution in [3.8, 4) is 0 Å². The van der Waals surface area contributed by atoms with Crippen molar-refractivity contribution >= 4 is 10.8 Å². The van der Waals surface area contributed by atoms with Gasteiger partial charge in [0, 0.05) is 25.0 Å². The Morgan fingerprint density at radius 1 is 1.05 bits per heavy atom. The lowest BCUT2D eigenvalue weighted by molar-refractivity contribution is 0.174. The first-order chi connectivity index (χ1) is 10.7. The summed E-state index contributed by atoms with van der Waals surface area (Å²) in [5.41, 5.74) is 3.12.